The molecule has 0 bridgehead atoms. The molecule has 0 nitrogen and oxygen atoms in total. The fourth-order valence-electron chi connectivity index (χ4n) is 10.5. The van der Waals surface area contributed by atoms with E-state index in [-0.39, 0.29) is 62.7 Å². The zero-order valence-corrected chi connectivity index (χ0v) is 33.3. The molecule has 7 rings (SSSR count). The fraction of sp³-hybridized carbons (Fsp3) is 0.442. The van der Waals surface area contributed by atoms with Gasteiger partial charge in [0.2, 0.25) is 0 Å². The first-order valence-corrected chi connectivity index (χ1v) is 17.7. The molecular formula is C43H52Cl2Zr-2. The molecule has 6 aliphatic rings. The maximum atomic E-state index is 2.99. The predicted molar refractivity (Wildman–Crippen MR) is 186 cm³/mol. The van der Waals surface area contributed by atoms with Crippen LogP contribution in [0.25, 0.3) is 0 Å². The van der Waals surface area contributed by atoms with Crippen LogP contribution in [0, 0.1) is 56.3 Å². The summed E-state index contributed by atoms with van der Waals surface area (Å²) in [6.07, 6.45) is 40.4. The molecule has 6 aliphatic carbocycles. The second-order valence-corrected chi connectivity index (χ2v) is 17.2. The summed E-state index contributed by atoms with van der Waals surface area (Å²) in [6.45, 7) is 22.5. The van der Waals surface area contributed by atoms with Crippen LogP contribution >= 0.6 is 0 Å². The minimum Gasteiger partial charge on any atom is -1.00 e. The van der Waals surface area contributed by atoms with Gasteiger partial charge in [0.1, 0.15) is 0 Å². The van der Waals surface area contributed by atoms with Crippen molar-refractivity contribution in [1.82, 2.24) is 0 Å². The summed E-state index contributed by atoms with van der Waals surface area (Å²) in [5.41, 5.74) is 3.16. The first-order chi connectivity index (χ1) is 20.7. The minimum atomic E-state index is 0. The molecule has 8 atom stereocenters. The Kier molecular flexibility index (Phi) is 11.6. The SMILES string of the molecule is CC1=CC=CC2[CH-]C3(C)C4(C)C=CC=CC4(C)C4(C)C=CC=CC4(C)C3(C)C12C.C[C](=[Zr+2])Cc1ccccc1.[C-]1=CC=CC1.[Cl-].[Cl-]. The Bertz CT molecular complexity index is 1530. The predicted octanol–water partition coefficient (Wildman–Crippen LogP) is 4.93. The number of fused-ring (bicyclic) bond motifs is 8. The average Bonchev–Trinajstić information content (AvgIpc) is 3.64. The number of hydrogen-bond donors (Lipinski definition) is 0. The normalized spacial score (nSPS) is 41.2. The van der Waals surface area contributed by atoms with Gasteiger partial charge in [0.15, 0.2) is 0 Å². The van der Waals surface area contributed by atoms with Gasteiger partial charge in [-0.15, -0.1) is 23.8 Å². The smallest absolute Gasteiger partial charge is 0.109 e. The van der Waals surface area contributed by atoms with Crippen molar-refractivity contribution in [3.05, 3.63) is 139 Å². The van der Waals surface area contributed by atoms with E-state index in [0.717, 1.165) is 12.8 Å². The van der Waals surface area contributed by atoms with Crippen LogP contribution in [0.15, 0.2) is 121 Å². The van der Waals surface area contributed by atoms with Gasteiger partial charge in [0.05, 0.1) is 0 Å². The Morgan fingerprint density at radius 1 is 0.783 bits per heavy atom. The van der Waals surface area contributed by atoms with Crippen LogP contribution < -0.4 is 24.8 Å². The molecule has 3 heteroatoms. The molecule has 2 fully saturated rings. The molecule has 2 saturated carbocycles. The largest absolute Gasteiger partial charge is 1.00 e. The molecule has 1 aromatic carbocycles. The van der Waals surface area contributed by atoms with E-state index < -0.39 is 0 Å². The van der Waals surface area contributed by atoms with E-state index in [9.17, 15) is 0 Å². The van der Waals surface area contributed by atoms with Crippen molar-refractivity contribution in [2.24, 2.45) is 43.8 Å². The van der Waals surface area contributed by atoms with Gasteiger partial charge < -0.3 is 31.2 Å². The number of rotatable bonds is 2. The molecule has 0 heterocycles. The van der Waals surface area contributed by atoms with E-state index in [1.165, 1.54) is 11.1 Å². The number of halogens is 2. The minimum absolute atomic E-state index is 0. The third-order valence-electron chi connectivity index (χ3n) is 13.9. The molecular weight excluding hydrogens is 679 g/mol. The van der Waals surface area contributed by atoms with Crippen molar-refractivity contribution in [2.45, 2.75) is 75.2 Å². The molecule has 1 aromatic rings. The topological polar surface area (TPSA) is 0 Å². The fourth-order valence-corrected chi connectivity index (χ4v) is 11.0. The van der Waals surface area contributed by atoms with Crippen molar-refractivity contribution < 1.29 is 49.0 Å². The summed E-state index contributed by atoms with van der Waals surface area (Å²) in [4.78, 5) is 0. The summed E-state index contributed by atoms with van der Waals surface area (Å²) >= 11 is 1.55. The van der Waals surface area contributed by atoms with Crippen LogP contribution in [0.4, 0.5) is 0 Å². The molecule has 46 heavy (non-hydrogen) atoms. The van der Waals surface area contributed by atoms with E-state index in [2.05, 4.69) is 178 Å². The van der Waals surface area contributed by atoms with E-state index in [0.29, 0.717) is 5.92 Å². The molecule has 8 unspecified atom stereocenters. The Balaban J connectivity index is 0.000000281. The molecule has 0 saturated heterocycles. The Hall–Kier alpha value is -1.53. The summed E-state index contributed by atoms with van der Waals surface area (Å²) < 4.78 is 1.55. The second kappa shape index (κ2) is 13.8. The summed E-state index contributed by atoms with van der Waals surface area (Å²) in [5.74, 6) is 0.460. The zero-order valence-electron chi connectivity index (χ0n) is 29.3. The Morgan fingerprint density at radius 3 is 1.83 bits per heavy atom. The van der Waals surface area contributed by atoms with Gasteiger partial charge in [-0.25, -0.2) is 12.2 Å². The number of hydrogen-bond acceptors (Lipinski definition) is 0. The van der Waals surface area contributed by atoms with Gasteiger partial charge in [-0.05, 0) is 28.6 Å². The van der Waals surface area contributed by atoms with Crippen LogP contribution in [0.3, 0.4) is 0 Å². The summed E-state index contributed by atoms with van der Waals surface area (Å²) in [5, 5.41) is 0. The van der Waals surface area contributed by atoms with Crippen LogP contribution in [-0.4, -0.2) is 3.21 Å². The van der Waals surface area contributed by atoms with Gasteiger partial charge in [0, 0.05) is 10.8 Å². The quantitative estimate of drug-likeness (QED) is 0.379. The molecule has 244 valence electrons. The number of allylic oxidation sites excluding steroid dienone is 16. The van der Waals surface area contributed by atoms with Crippen molar-refractivity contribution in [3.63, 3.8) is 0 Å². The monoisotopic (exact) mass is 728 g/mol. The maximum Gasteiger partial charge on any atom is -0.109 e. The number of benzene rings is 1. The zero-order chi connectivity index (χ0) is 32.1. The molecule has 0 amide bonds. The average molecular weight is 731 g/mol. The van der Waals surface area contributed by atoms with Crippen molar-refractivity contribution >= 4 is 3.21 Å². The molecule has 0 aliphatic heterocycles. The molecule has 0 radical (unpaired) electrons. The molecule has 0 aromatic heterocycles. The van der Waals surface area contributed by atoms with Crippen LogP contribution in [0.5, 0.6) is 0 Å². The van der Waals surface area contributed by atoms with Gasteiger partial charge in [-0.1, -0.05) is 115 Å². The van der Waals surface area contributed by atoms with Crippen LogP contribution in [0.1, 0.15) is 74.3 Å². The van der Waals surface area contributed by atoms with Gasteiger partial charge >= 0.3 is 76.7 Å². The van der Waals surface area contributed by atoms with E-state index in [4.69, 9.17) is 0 Å². The van der Waals surface area contributed by atoms with Crippen LogP contribution in [0.2, 0.25) is 0 Å². The van der Waals surface area contributed by atoms with E-state index in [1.807, 2.05) is 12.2 Å². The van der Waals surface area contributed by atoms with Gasteiger partial charge in [-0.3, -0.25) is 6.08 Å². The molecule has 0 spiro atoms. The summed E-state index contributed by atoms with van der Waals surface area (Å²) in [6, 6.07) is 10.6. The van der Waals surface area contributed by atoms with Crippen molar-refractivity contribution in [2.75, 3.05) is 0 Å². The second-order valence-electron chi connectivity index (χ2n) is 15.1. The van der Waals surface area contributed by atoms with Gasteiger partial charge in [0.25, 0.3) is 0 Å². The third-order valence-corrected chi connectivity index (χ3v) is 14.4. The standard InChI is InChI=1S/C29H37.C9H10.C5H5.2ClH.Zr/c1-21-14-13-15-22-20-27(6)25(4)18-10-9-16-23(25,2)24(3)17-11-12-19-26(24,5)29(27,8)28(21,22)7;1-2-6-9-7-4-3-5-8-9;1-2-4-5-3-1;;;/h9-20,22H,1-8H3;3-5,7-8H,6H2,1H3;1-3H,4H2;2*1H;/q-1;;-1;;;+2/p-2. The van der Waals surface area contributed by atoms with E-state index >= 15 is 0 Å². The first kappa shape index (κ1) is 38.9. The van der Waals surface area contributed by atoms with Crippen molar-refractivity contribution in [3.8, 4) is 0 Å². The maximum absolute atomic E-state index is 2.99. The third kappa shape index (κ3) is 5.12. The van der Waals surface area contributed by atoms with Crippen LogP contribution in [-0.2, 0) is 30.7 Å². The van der Waals surface area contributed by atoms with Crippen molar-refractivity contribution in [1.29, 1.82) is 0 Å². The Morgan fingerprint density at radius 2 is 1.33 bits per heavy atom. The Labute approximate surface area is 308 Å². The first-order valence-electron chi connectivity index (χ1n) is 16.4. The van der Waals surface area contributed by atoms with Gasteiger partial charge in [-0.2, -0.15) is 6.08 Å². The summed E-state index contributed by atoms with van der Waals surface area (Å²) in [7, 11) is 0. The van der Waals surface area contributed by atoms with E-state index in [1.54, 1.807) is 27.4 Å². The molecule has 0 N–H and O–H groups in total.